The molecule has 172 valence electrons. The van der Waals surface area contributed by atoms with E-state index in [0.29, 0.717) is 17.9 Å². The van der Waals surface area contributed by atoms with Gasteiger partial charge < -0.3 is 9.84 Å². The lowest BCUT2D eigenvalue weighted by Crippen LogP contribution is -2.08. The summed E-state index contributed by atoms with van der Waals surface area (Å²) in [5, 5.41) is 12.5. The zero-order valence-electron chi connectivity index (χ0n) is 18.9. The number of carbonyl (C=O) groups is 1. The highest BCUT2D eigenvalue weighted by Crippen LogP contribution is 2.23. The number of benzene rings is 3. The Balaban J connectivity index is 1.44. The number of methoxy groups -OCH3 is 1. The number of hydrogen-bond acceptors (Lipinski definition) is 4. The number of pyridine rings is 1. The molecule has 0 fully saturated rings. The third kappa shape index (κ3) is 6.10. The summed E-state index contributed by atoms with van der Waals surface area (Å²) in [6, 6.07) is 25.3. The molecular formula is C29H26ClNO3. The molecule has 0 saturated heterocycles. The normalized spacial score (nSPS) is 12.2. The minimum Gasteiger partial charge on any atom is -0.469 e. The second-order valence-corrected chi connectivity index (χ2v) is 8.59. The summed E-state index contributed by atoms with van der Waals surface area (Å²) in [5.74, 6) is -0.267. The van der Waals surface area contributed by atoms with E-state index in [4.69, 9.17) is 16.3 Å². The molecule has 34 heavy (non-hydrogen) atoms. The van der Waals surface area contributed by atoms with E-state index in [1.165, 1.54) is 7.11 Å². The first-order chi connectivity index (χ1) is 16.5. The molecule has 1 aromatic heterocycles. The smallest absolute Gasteiger partial charge is 0.309 e. The maximum Gasteiger partial charge on any atom is 0.309 e. The number of hydrogen-bond donors (Lipinski definition) is 1. The molecule has 4 rings (SSSR count). The SMILES string of the molecule is COC(=O)Cc1ccccc1CC[C@@H](O)c1cccc(/C=C/c2ccc3ccc(Cl)cc3n2)c1. The van der Waals surface area contributed by atoms with Crippen molar-refractivity contribution in [3.8, 4) is 0 Å². The predicted octanol–water partition coefficient (Wildman–Crippen LogP) is 6.44. The average Bonchev–Trinajstić information content (AvgIpc) is 2.86. The van der Waals surface area contributed by atoms with Gasteiger partial charge in [0.2, 0.25) is 0 Å². The molecule has 5 heteroatoms. The van der Waals surface area contributed by atoms with Crippen molar-refractivity contribution in [1.82, 2.24) is 4.98 Å². The van der Waals surface area contributed by atoms with Gasteiger partial charge in [-0.3, -0.25) is 4.79 Å². The van der Waals surface area contributed by atoms with Crippen molar-refractivity contribution < 1.29 is 14.6 Å². The quantitative estimate of drug-likeness (QED) is 0.300. The number of ether oxygens (including phenoxy) is 1. The standard InChI is InChI=1S/C29H26ClNO3/c1-34-29(33)18-23-7-3-2-6-21(23)12-16-28(32)24-8-4-5-20(17-24)9-14-26-15-11-22-10-13-25(30)19-27(22)31-26/h2-11,13-15,17,19,28,32H,12,16,18H2,1H3/b14-9+/t28-/m1/s1. The summed E-state index contributed by atoms with van der Waals surface area (Å²) in [6.45, 7) is 0. The van der Waals surface area contributed by atoms with E-state index in [-0.39, 0.29) is 12.4 Å². The molecule has 0 radical (unpaired) electrons. The van der Waals surface area contributed by atoms with Crippen LogP contribution in [0, 0.1) is 0 Å². The first kappa shape index (κ1) is 23.7. The van der Waals surface area contributed by atoms with Gasteiger partial charge >= 0.3 is 5.97 Å². The Kier molecular flexibility index (Phi) is 7.73. The van der Waals surface area contributed by atoms with Crippen molar-refractivity contribution in [1.29, 1.82) is 0 Å². The topological polar surface area (TPSA) is 59.4 Å². The highest BCUT2D eigenvalue weighted by molar-refractivity contribution is 6.31. The lowest BCUT2D eigenvalue weighted by atomic mass is 9.96. The Hall–Kier alpha value is -3.47. The lowest BCUT2D eigenvalue weighted by Gasteiger charge is -2.14. The summed E-state index contributed by atoms with van der Waals surface area (Å²) in [6.07, 6.45) is 4.78. The monoisotopic (exact) mass is 471 g/mol. The highest BCUT2D eigenvalue weighted by Gasteiger charge is 2.12. The van der Waals surface area contributed by atoms with Gasteiger partial charge in [-0.1, -0.05) is 72.3 Å². The maximum absolute atomic E-state index is 11.7. The van der Waals surface area contributed by atoms with Crippen molar-refractivity contribution in [2.24, 2.45) is 0 Å². The van der Waals surface area contributed by atoms with Crippen LogP contribution in [0.25, 0.3) is 23.1 Å². The van der Waals surface area contributed by atoms with Gasteiger partial charge in [-0.2, -0.15) is 0 Å². The number of fused-ring (bicyclic) bond motifs is 1. The Morgan fingerprint density at radius 1 is 1.00 bits per heavy atom. The van der Waals surface area contributed by atoms with Gasteiger partial charge in [-0.05, 0) is 65.4 Å². The molecule has 0 spiro atoms. The Labute approximate surface area is 204 Å². The molecule has 4 nitrogen and oxygen atoms in total. The van der Waals surface area contributed by atoms with E-state index in [1.807, 2.05) is 91.0 Å². The van der Waals surface area contributed by atoms with Crippen LogP contribution < -0.4 is 0 Å². The van der Waals surface area contributed by atoms with Gasteiger partial charge in [0.05, 0.1) is 30.8 Å². The van der Waals surface area contributed by atoms with E-state index in [2.05, 4.69) is 4.98 Å². The van der Waals surface area contributed by atoms with Crippen LogP contribution in [0.1, 0.15) is 40.5 Å². The number of aliphatic hydroxyl groups excluding tert-OH is 1. The van der Waals surface area contributed by atoms with Crippen molar-refractivity contribution in [3.05, 3.63) is 112 Å². The predicted molar refractivity (Wildman–Crippen MR) is 138 cm³/mol. The first-order valence-corrected chi connectivity index (χ1v) is 11.6. The van der Waals surface area contributed by atoms with Gasteiger partial charge in [-0.15, -0.1) is 0 Å². The number of aromatic nitrogens is 1. The summed E-state index contributed by atoms with van der Waals surface area (Å²) in [5.41, 5.74) is 5.50. The summed E-state index contributed by atoms with van der Waals surface area (Å²) in [4.78, 5) is 16.3. The van der Waals surface area contributed by atoms with E-state index in [9.17, 15) is 9.90 Å². The van der Waals surface area contributed by atoms with Crippen LogP contribution in [0.2, 0.25) is 5.02 Å². The van der Waals surface area contributed by atoms with Crippen molar-refractivity contribution in [3.63, 3.8) is 0 Å². The van der Waals surface area contributed by atoms with Gasteiger partial charge in [0.15, 0.2) is 0 Å². The lowest BCUT2D eigenvalue weighted by molar-refractivity contribution is -0.139. The molecule has 0 aliphatic carbocycles. The highest BCUT2D eigenvalue weighted by atomic mass is 35.5. The fraction of sp³-hybridized carbons (Fsp3) is 0.172. The third-order valence-corrected chi connectivity index (χ3v) is 6.02. The number of rotatable bonds is 8. The summed E-state index contributed by atoms with van der Waals surface area (Å²) < 4.78 is 4.79. The number of nitrogens with zero attached hydrogens (tertiary/aromatic N) is 1. The van der Waals surface area contributed by atoms with Crippen LogP contribution in [0.15, 0.2) is 78.9 Å². The van der Waals surface area contributed by atoms with E-state index >= 15 is 0 Å². The third-order valence-electron chi connectivity index (χ3n) is 5.79. The number of aliphatic hydroxyl groups is 1. The second-order valence-electron chi connectivity index (χ2n) is 8.15. The van der Waals surface area contributed by atoms with Crippen LogP contribution >= 0.6 is 11.6 Å². The first-order valence-electron chi connectivity index (χ1n) is 11.2. The van der Waals surface area contributed by atoms with Gasteiger partial charge in [0.1, 0.15) is 0 Å². The molecule has 0 bridgehead atoms. The molecule has 1 N–H and O–H groups in total. The molecule has 0 amide bonds. The Morgan fingerprint density at radius 2 is 1.79 bits per heavy atom. The van der Waals surface area contributed by atoms with E-state index in [1.54, 1.807) is 0 Å². The zero-order valence-corrected chi connectivity index (χ0v) is 19.7. The van der Waals surface area contributed by atoms with E-state index < -0.39 is 6.10 Å². The second kappa shape index (κ2) is 11.1. The van der Waals surface area contributed by atoms with Crippen molar-refractivity contribution >= 4 is 40.6 Å². The van der Waals surface area contributed by atoms with Crippen LogP contribution in [0.5, 0.6) is 0 Å². The Morgan fingerprint density at radius 3 is 2.62 bits per heavy atom. The van der Waals surface area contributed by atoms with Crippen LogP contribution in [-0.2, 0) is 22.4 Å². The molecule has 1 atom stereocenters. The molecule has 4 aromatic rings. The number of esters is 1. The molecular weight excluding hydrogens is 446 g/mol. The van der Waals surface area contributed by atoms with Crippen molar-refractivity contribution in [2.45, 2.75) is 25.4 Å². The zero-order chi connectivity index (χ0) is 23.9. The molecule has 1 heterocycles. The van der Waals surface area contributed by atoms with Crippen LogP contribution in [0.4, 0.5) is 0 Å². The fourth-order valence-electron chi connectivity index (χ4n) is 3.91. The van der Waals surface area contributed by atoms with Gasteiger partial charge in [-0.25, -0.2) is 4.98 Å². The fourth-order valence-corrected chi connectivity index (χ4v) is 4.08. The summed E-state index contributed by atoms with van der Waals surface area (Å²) in [7, 11) is 1.39. The van der Waals surface area contributed by atoms with Gasteiger partial charge in [0.25, 0.3) is 0 Å². The summed E-state index contributed by atoms with van der Waals surface area (Å²) >= 11 is 6.09. The number of carbonyl (C=O) groups excluding carboxylic acids is 1. The number of halogens is 1. The minimum atomic E-state index is -0.611. The number of aryl methyl sites for hydroxylation is 1. The molecule has 0 aliphatic rings. The average molecular weight is 472 g/mol. The molecule has 0 unspecified atom stereocenters. The van der Waals surface area contributed by atoms with Crippen molar-refractivity contribution in [2.75, 3.05) is 7.11 Å². The van der Waals surface area contributed by atoms with Gasteiger partial charge in [0, 0.05) is 10.4 Å². The molecule has 0 saturated carbocycles. The van der Waals surface area contributed by atoms with E-state index in [0.717, 1.165) is 38.9 Å². The largest absolute Gasteiger partial charge is 0.469 e. The minimum absolute atomic E-state index is 0.234. The van der Waals surface area contributed by atoms with Crippen LogP contribution in [-0.4, -0.2) is 23.2 Å². The Bertz CT molecular complexity index is 1330. The molecule has 3 aromatic carbocycles. The van der Waals surface area contributed by atoms with Crippen LogP contribution in [0.3, 0.4) is 0 Å². The maximum atomic E-state index is 11.7. The molecule has 0 aliphatic heterocycles.